The van der Waals surface area contributed by atoms with Crippen LogP contribution in [-0.4, -0.2) is 24.6 Å². The number of ether oxygens (including phenoxy) is 1. The topological polar surface area (TPSA) is 43.4 Å². The second-order valence-electron chi connectivity index (χ2n) is 6.41. The number of methoxy groups -OCH3 is 1. The van der Waals surface area contributed by atoms with Gasteiger partial charge in [0.1, 0.15) is 5.41 Å². The number of Topliss-reactive ketones (excluding diaryl/α,β-unsaturated/α-hetero) is 1. The van der Waals surface area contributed by atoms with Crippen molar-refractivity contribution in [2.24, 2.45) is 11.3 Å². The quantitative estimate of drug-likeness (QED) is 0.444. The van der Waals surface area contributed by atoms with Crippen molar-refractivity contribution < 1.29 is 14.3 Å². The molecular weight excluding hydrogens is 332 g/mol. The molecule has 0 radical (unpaired) electrons. The number of ketones is 1. The Balaban J connectivity index is 1.86. The van der Waals surface area contributed by atoms with Crippen molar-refractivity contribution in [2.45, 2.75) is 24.2 Å². The van der Waals surface area contributed by atoms with E-state index in [0.717, 1.165) is 22.6 Å². The number of benzene rings is 2. The van der Waals surface area contributed by atoms with Gasteiger partial charge in [-0.05, 0) is 36.5 Å². The molecule has 25 heavy (non-hydrogen) atoms. The van der Waals surface area contributed by atoms with Crippen LogP contribution in [-0.2, 0) is 20.7 Å². The van der Waals surface area contributed by atoms with E-state index in [4.69, 9.17) is 4.74 Å². The van der Waals surface area contributed by atoms with Crippen LogP contribution >= 0.6 is 11.8 Å². The first-order valence-electron chi connectivity index (χ1n) is 8.50. The Kier molecular flexibility index (Phi) is 5.59. The van der Waals surface area contributed by atoms with Crippen molar-refractivity contribution in [3.63, 3.8) is 0 Å². The van der Waals surface area contributed by atoms with Crippen LogP contribution < -0.4 is 0 Å². The summed E-state index contributed by atoms with van der Waals surface area (Å²) in [5, 5.41) is 0. The van der Waals surface area contributed by atoms with Gasteiger partial charge >= 0.3 is 5.97 Å². The zero-order valence-corrected chi connectivity index (χ0v) is 15.1. The van der Waals surface area contributed by atoms with E-state index in [1.165, 1.54) is 7.11 Å². The van der Waals surface area contributed by atoms with Gasteiger partial charge in [0.2, 0.25) is 0 Å². The predicted octanol–water partition coefficient (Wildman–Crippen LogP) is 4.16. The summed E-state index contributed by atoms with van der Waals surface area (Å²) >= 11 is 1.70. The Hall–Kier alpha value is -2.07. The highest BCUT2D eigenvalue weighted by atomic mass is 32.2. The van der Waals surface area contributed by atoms with E-state index in [9.17, 15) is 9.59 Å². The second-order valence-corrected chi connectivity index (χ2v) is 7.50. The summed E-state index contributed by atoms with van der Waals surface area (Å²) in [5.41, 5.74) is -0.0596. The Morgan fingerprint density at radius 3 is 2.40 bits per heavy atom. The van der Waals surface area contributed by atoms with E-state index in [2.05, 4.69) is 12.1 Å². The number of hydrogen-bond acceptors (Lipinski definition) is 4. The first-order chi connectivity index (χ1) is 12.2. The lowest BCUT2D eigenvalue weighted by Gasteiger charge is -2.31. The average molecular weight is 354 g/mol. The van der Waals surface area contributed by atoms with Crippen molar-refractivity contribution in [3.05, 3.63) is 66.2 Å². The van der Waals surface area contributed by atoms with Gasteiger partial charge < -0.3 is 4.74 Å². The molecule has 4 heteroatoms. The third-order valence-corrected chi connectivity index (χ3v) is 6.16. The van der Waals surface area contributed by atoms with Crippen LogP contribution in [0.2, 0.25) is 0 Å². The summed E-state index contributed by atoms with van der Waals surface area (Å²) in [4.78, 5) is 26.7. The fraction of sp³-hybridized carbons (Fsp3) is 0.333. The molecule has 0 N–H and O–H groups in total. The molecule has 0 aromatic heterocycles. The predicted molar refractivity (Wildman–Crippen MR) is 99.5 cm³/mol. The van der Waals surface area contributed by atoms with E-state index >= 15 is 0 Å². The SMILES string of the molecule is COC(=O)C1(Cc2ccccc2)C(=O)CCC1CSc1ccccc1. The van der Waals surface area contributed by atoms with Gasteiger partial charge in [-0.15, -0.1) is 11.8 Å². The summed E-state index contributed by atoms with van der Waals surface area (Å²) in [6, 6.07) is 19.8. The van der Waals surface area contributed by atoms with Crippen molar-refractivity contribution in [1.82, 2.24) is 0 Å². The maximum atomic E-state index is 12.8. The van der Waals surface area contributed by atoms with E-state index in [1.54, 1.807) is 11.8 Å². The molecule has 0 amide bonds. The summed E-state index contributed by atoms with van der Waals surface area (Å²) in [6.07, 6.45) is 1.60. The van der Waals surface area contributed by atoms with Crippen LogP contribution in [0.25, 0.3) is 0 Å². The Bertz CT molecular complexity index is 729. The number of carbonyl (C=O) groups excluding carboxylic acids is 2. The van der Waals surface area contributed by atoms with Gasteiger partial charge in [-0.2, -0.15) is 0 Å². The van der Waals surface area contributed by atoms with Crippen LogP contribution in [0.4, 0.5) is 0 Å². The number of thioether (sulfide) groups is 1. The lowest BCUT2D eigenvalue weighted by atomic mass is 9.73. The lowest BCUT2D eigenvalue weighted by Crippen LogP contribution is -2.44. The highest BCUT2D eigenvalue weighted by Gasteiger charge is 2.56. The minimum atomic E-state index is -1.06. The van der Waals surface area contributed by atoms with Crippen molar-refractivity contribution in [2.75, 3.05) is 12.9 Å². The molecule has 1 saturated carbocycles. The zero-order chi connectivity index (χ0) is 17.7. The van der Waals surface area contributed by atoms with Crippen LogP contribution in [0.15, 0.2) is 65.6 Å². The number of esters is 1. The third-order valence-electron chi connectivity index (χ3n) is 4.98. The molecular formula is C21H22O3S. The minimum Gasteiger partial charge on any atom is -0.468 e. The van der Waals surface area contributed by atoms with Gasteiger partial charge in [-0.25, -0.2) is 0 Å². The smallest absolute Gasteiger partial charge is 0.320 e. The standard InChI is InChI=1S/C21H22O3S/c1-24-20(23)21(14-16-8-4-2-5-9-16)17(12-13-19(21)22)15-25-18-10-6-3-7-11-18/h2-11,17H,12-15H2,1H3. The molecule has 2 aromatic carbocycles. The molecule has 0 bridgehead atoms. The molecule has 0 saturated heterocycles. The lowest BCUT2D eigenvalue weighted by molar-refractivity contribution is -0.158. The number of carbonyl (C=O) groups is 2. The summed E-state index contributed by atoms with van der Waals surface area (Å²) < 4.78 is 5.09. The fourth-order valence-corrected chi connectivity index (χ4v) is 4.83. The van der Waals surface area contributed by atoms with E-state index in [1.807, 2.05) is 48.5 Å². The van der Waals surface area contributed by atoms with Gasteiger partial charge in [0, 0.05) is 17.1 Å². The van der Waals surface area contributed by atoms with Crippen LogP contribution in [0.3, 0.4) is 0 Å². The van der Waals surface area contributed by atoms with E-state index in [-0.39, 0.29) is 11.7 Å². The summed E-state index contributed by atoms with van der Waals surface area (Å²) in [6.45, 7) is 0. The van der Waals surface area contributed by atoms with E-state index in [0.29, 0.717) is 12.8 Å². The summed E-state index contributed by atoms with van der Waals surface area (Å²) in [5.74, 6) is 0.342. The number of hydrogen-bond donors (Lipinski definition) is 0. The van der Waals surface area contributed by atoms with Gasteiger partial charge in [0.05, 0.1) is 7.11 Å². The Labute approximate surface area is 152 Å². The maximum Gasteiger partial charge on any atom is 0.320 e. The third kappa shape index (κ3) is 3.64. The molecule has 0 spiro atoms. The molecule has 130 valence electrons. The molecule has 0 heterocycles. The molecule has 1 fully saturated rings. The minimum absolute atomic E-state index is 0.0156. The first kappa shape index (κ1) is 17.7. The maximum absolute atomic E-state index is 12.8. The molecule has 1 aliphatic carbocycles. The first-order valence-corrected chi connectivity index (χ1v) is 9.49. The number of rotatable bonds is 6. The van der Waals surface area contributed by atoms with Crippen LogP contribution in [0, 0.1) is 11.3 Å². The van der Waals surface area contributed by atoms with E-state index < -0.39 is 11.4 Å². The zero-order valence-electron chi connectivity index (χ0n) is 14.3. The van der Waals surface area contributed by atoms with Crippen LogP contribution in [0.5, 0.6) is 0 Å². The van der Waals surface area contributed by atoms with Gasteiger partial charge in [0.25, 0.3) is 0 Å². The van der Waals surface area contributed by atoms with Crippen molar-refractivity contribution >= 4 is 23.5 Å². The van der Waals surface area contributed by atoms with Gasteiger partial charge in [-0.3, -0.25) is 9.59 Å². The largest absolute Gasteiger partial charge is 0.468 e. The molecule has 1 aliphatic rings. The fourth-order valence-electron chi connectivity index (χ4n) is 3.64. The molecule has 3 nitrogen and oxygen atoms in total. The Morgan fingerprint density at radius 2 is 1.76 bits per heavy atom. The normalized spacial score (nSPS) is 22.8. The molecule has 3 rings (SSSR count). The molecule has 2 aromatic rings. The molecule has 0 aliphatic heterocycles. The monoisotopic (exact) mass is 354 g/mol. The average Bonchev–Trinajstić information content (AvgIpc) is 2.97. The highest BCUT2D eigenvalue weighted by Crippen LogP contribution is 2.46. The van der Waals surface area contributed by atoms with Gasteiger partial charge in [-0.1, -0.05) is 48.5 Å². The summed E-state index contributed by atoms with van der Waals surface area (Å²) in [7, 11) is 1.38. The Morgan fingerprint density at radius 1 is 1.12 bits per heavy atom. The van der Waals surface area contributed by atoms with Crippen molar-refractivity contribution in [1.29, 1.82) is 0 Å². The molecule has 2 atom stereocenters. The second kappa shape index (κ2) is 7.87. The van der Waals surface area contributed by atoms with Crippen molar-refractivity contribution in [3.8, 4) is 0 Å². The highest BCUT2D eigenvalue weighted by molar-refractivity contribution is 7.99. The molecule has 2 unspecified atom stereocenters. The van der Waals surface area contributed by atoms with Crippen LogP contribution in [0.1, 0.15) is 18.4 Å². The van der Waals surface area contributed by atoms with Gasteiger partial charge in [0.15, 0.2) is 5.78 Å².